The molecule has 0 atom stereocenters. The van der Waals surface area contributed by atoms with Gasteiger partial charge in [-0.15, -0.1) is 0 Å². The lowest BCUT2D eigenvalue weighted by atomic mass is 10.2. The summed E-state index contributed by atoms with van der Waals surface area (Å²) in [7, 11) is 0. The van der Waals surface area contributed by atoms with Crippen LogP contribution in [0.2, 0.25) is 0 Å². The zero-order valence-electron chi connectivity index (χ0n) is 7.96. The Hall–Kier alpha value is -1.19. The molecule has 0 unspecified atom stereocenters. The molecule has 1 saturated heterocycles. The summed E-state index contributed by atoms with van der Waals surface area (Å²) in [5.41, 5.74) is 0.172. The fourth-order valence-electron chi connectivity index (χ4n) is 1.54. The van der Waals surface area contributed by atoms with Crippen LogP contribution in [0, 0.1) is 13.1 Å². The third-order valence-corrected chi connectivity index (χ3v) is 2.31. The first-order valence-electron chi connectivity index (χ1n) is 4.69. The van der Waals surface area contributed by atoms with Gasteiger partial charge in [0.1, 0.15) is 0 Å². The van der Waals surface area contributed by atoms with Crippen LogP contribution in [0.4, 0.5) is 18.9 Å². The summed E-state index contributed by atoms with van der Waals surface area (Å²) in [6.07, 6.45) is -2.36. The summed E-state index contributed by atoms with van der Waals surface area (Å²) in [6, 6.07) is 5.19. The van der Waals surface area contributed by atoms with Crippen LogP contribution < -0.4 is 4.90 Å². The summed E-state index contributed by atoms with van der Waals surface area (Å²) in [5.74, 6) is 0. The van der Waals surface area contributed by atoms with Crippen molar-refractivity contribution in [3.63, 3.8) is 0 Å². The van der Waals surface area contributed by atoms with E-state index >= 15 is 0 Å². The molecule has 15 heavy (non-hydrogen) atoms. The minimum Gasteiger partial charge on any atom is -0.361 e. The maximum atomic E-state index is 12.3. The van der Waals surface area contributed by atoms with Gasteiger partial charge in [0.05, 0.1) is 5.56 Å². The molecule has 4 heteroatoms. The van der Waals surface area contributed by atoms with Crippen molar-refractivity contribution >= 4 is 5.69 Å². The molecule has 0 spiro atoms. The van der Waals surface area contributed by atoms with Crippen molar-refractivity contribution in [2.45, 2.75) is 19.0 Å². The van der Waals surface area contributed by atoms with Crippen molar-refractivity contribution in [3.8, 4) is 0 Å². The van der Waals surface area contributed by atoms with Crippen molar-refractivity contribution in [2.24, 2.45) is 0 Å². The molecule has 0 aliphatic carbocycles. The predicted octanol–water partition coefficient (Wildman–Crippen LogP) is 3.63. The quantitative estimate of drug-likeness (QED) is 0.688. The van der Waals surface area contributed by atoms with Crippen molar-refractivity contribution in [1.82, 2.24) is 0 Å². The number of nitrogens with zero attached hydrogens (tertiary/aromatic N) is 1. The molecule has 1 aromatic rings. The Morgan fingerprint density at radius 2 is 1.47 bits per heavy atom. The lowest BCUT2D eigenvalue weighted by molar-refractivity contribution is -0.137. The topological polar surface area (TPSA) is 3.24 Å². The van der Waals surface area contributed by atoms with E-state index < -0.39 is 11.7 Å². The summed E-state index contributed by atoms with van der Waals surface area (Å²) in [4.78, 5) is 1.86. The van der Waals surface area contributed by atoms with E-state index in [-0.39, 0.29) is 0 Å². The van der Waals surface area contributed by atoms with Crippen LogP contribution in [-0.4, -0.2) is 0 Å². The molecule has 0 amide bonds. The Morgan fingerprint density at radius 3 is 1.93 bits per heavy atom. The first kappa shape index (κ1) is 10.3. The zero-order chi connectivity index (χ0) is 10.9. The van der Waals surface area contributed by atoms with Gasteiger partial charge < -0.3 is 4.90 Å². The highest BCUT2D eigenvalue weighted by Gasteiger charge is 2.30. The first-order valence-corrected chi connectivity index (χ1v) is 4.69. The third kappa shape index (κ3) is 2.25. The van der Waals surface area contributed by atoms with Gasteiger partial charge in [-0.25, -0.2) is 0 Å². The second kappa shape index (κ2) is 3.76. The molecular weight excluding hydrogens is 203 g/mol. The highest BCUT2D eigenvalue weighted by molar-refractivity contribution is 5.52. The smallest absolute Gasteiger partial charge is 0.361 e. The van der Waals surface area contributed by atoms with E-state index in [4.69, 9.17) is 0 Å². The van der Waals surface area contributed by atoms with Crippen molar-refractivity contribution in [1.29, 1.82) is 0 Å². The van der Waals surface area contributed by atoms with Crippen LogP contribution in [0.3, 0.4) is 0 Å². The fourth-order valence-corrected chi connectivity index (χ4v) is 1.54. The number of hydrogen-bond donors (Lipinski definition) is 0. The molecule has 1 fully saturated rings. The molecule has 1 nitrogen and oxygen atoms in total. The van der Waals surface area contributed by atoms with E-state index in [1.165, 1.54) is 12.1 Å². The van der Waals surface area contributed by atoms with E-state index in [9.17, 15) is 13.2 Å². The number of rotatable bonds is 1. The number of anilines is 1. The Kier molecular flexibility index (Phi) is 2.59. The predicted molar refractivity (Wildman–Crippen MR) is 51.8 cm³/mol. The maximum Gasteiger partial charge on any atom is 0.416 e. The largest absolute Gasteiger partial charge is 0.416 e. The molecule has 0 saturated carbocycles. The fraction of sp³-hybridized carbons (Fsp3) is 0.273. The summed E-state index contributed by atoms with van der Waals surface area (Å²) in [5, 5.41) is 0. The van der Waals surface area contributed by atoms with Crippen molar-refractivity contribution in [2.75, 3.05) is 4.90 Å². The molecule has 2 rings (SSSR count). The highest BCUT2D eigenvalue weighted by atomic mass is 19.4. The molecule has 0 aromatic heterocycles. The molecule has 80 valence electrons. The van der Waals surface area contributed by atoms with Crippen LogP contribution >= 0.6 is 0 Å². The van der Waals surface area contributed by atoms with E-state index in [1.807, 2.05) is 18.0 Å². The molecule has 1 heterocycles. The van der Waals surface area contributed by atoms with Crippen LogP contribution in [0.1, 0.15) is 18.4 Å². The molecule has 0 bridgehead atoms. The Labute approximate surface area is 86.5 Å². The van der Waals surface area contributed by atoms with Gasteiger partial charge >= 0.3 is 6.18 Å². The SMILES string of the molecule is FC(F)(F)c1ccc(N2[CH]CC[CH]2)cc1. The van der Waals surface area contributed by atoms with Gasteiger partial charge in [0.2, 0.25) is 0 Å². The average Bonchev–Trinajstić information content (AvgIpc) is 2.69. The summed E-state index contributed by atoms with van der Waals surface area (Å²) in [6.45, 7) is 3.92. The normalized spacial score (nSPS) is 17.1. The molecule has 2 radical (unpaired) electrons. The minimum absolute atomic E-state index is 0.606. The zero-order valence-corrected chi connectivity index (χ0v) is 7.96. The van der Waals surface area contributed by atoms with Gasteiger partial charge in [-0.2, -0.15) is 13.2 Å². The lowest BCUT2D eigenvalue weighted by Crippen LogP contribution is -2.10. The Balaban J connectivity index is 2.16. The monoisotopic (exact) mass is 213 g/mol. The second-order valence-corrected chi connectivity index (χ2v) is 3.39. The summed E-state index contributed by atoms with van der Waals surface area (Å²) >= 11 is 0. The standard InChI is InChI=1S/C11H10F3N/c12-11(13,14)9-3-5-10(6-4-9)15-7-1-2-8-15/h3-8H,1-2H2. The van der Waals surface area contributed by atoms with Crippen LogP contribution in [-0.2, 0) is 6.18 Å². The maximum absolute atomic E-state index is 12.3. The second-order valence-electron chi connectivity index (χ2n) is 3.39. The third-order valence-electron chi connectivity index (χ3n) is 2.31. The van der Waals surface area contributed by atoms with Gasteiger partial charge in [0.15, 0.2) is 0 Å². The van der Waals surface area contributed by atoms with Crippen molar-refractivity contribution < 1.29 is 13.2 Å². The van der Waals surface area contributed by atoms with Crippen LogP contribution in [0.25, 0.3) is 0 Å². The molecule has 1 aliphatic rings. The average molecular weight is 213 g/mol. The molecular formula is C11H10F3N. The minimum atomic E-state index is -4.25. The van der Waals surface area contributed by atoms with Gasteiger partial charge in [-0.1, -0.05) is 0 Å². The van der Waals surface area contributed by atoms with Crippen LogP contribution in [0.5, 0.6) is 0 Å². The highest BCUT2D eigenvalue weighted by Crippen LogP contribution is 2.32. The van der Waals surface area contributed by atoms with Gasteiger partial charge in [-0.3, -0.25) is 0 Å². The molecule has 0 N–H and O–H groups in total. The number of halogens is 3. The molecule has 1 aliphatic heterocycles. The van der Waals surface area contributed by atoms with Gasteiger partial charge in [-0.05, 0) is 37.1 Å². The first-order chi connectivity index (χ1) is 7.07. The lowest BCUT2D eigenvalue weighted by Gasteiger charge is -2.17. The van der Waals surface area contributed by atoms with Gasteiger partial charge in [0.25, 0.3) is 0 Å². The van der Waals surface area contributed by atoms with Crippen molar-refractivity contribution in [3.05, 3.63) is 42.9 Å². The number of alkyl halides is 3. The van der Waals surface area contributed by atoms with Gasteiger partial charge in [0, 0.05) is 18.8 Å². The van der Waals surface area contributed by atoms with Crippen LogP contribution in [0.15, 0.2) is 24.3 Å². The number of hydrogen-bond acceptors (Lipinski definition) is 1. The van der Waals surface area contributed by atoms with E-state index in [1.54, 1.807) is 0 Å². The van der Waals surface area contributed by atoms with E-state index in [2.05, 4.69) is 0 Å². The Morgan fingerprint density at radius 1 is 0.933 bits per heavy atom. The molecule has 1 aromatic carbocycles. The Bertz CT molecular complexity index is 323. The van der Waals surface area contributed by atoms with E-state index in [0.29, 0.717) is 0 Å². The number of benzene rings is 1. The summed E-state index contributed by atoms with van der Waals surface area (Å²) < 4.78 is 36.8. The van der Waals surface area contributed by atoms with E-state index in [0.717, 1.165) is 30.7 Å².